The van der Waals surface area contributed by atoms with Gasteiger partial charge in [-0.05, 0) is 12.1 Å². The fraction of sp³-hybridized carbons (Fsp3) is 0.333. The summed E-state index contributed by atoms with van der Waals surface area (Å²) in [6, 6.07) is 5.10. The molecule has 0 bridgehead atoms. The zero-order valence-corrected chi connectivity index (χ0v) is 11.6. The van der Waals surface area contributed by atoms with Crippen molar-refractivity contribution in [2.45, 2.75) is 12.8 Å². The number of rotatable bonds is 4. The predicted molar refractivity (Wildman–Crippen MR) is 78.7 cm³/mol. The third-order valence-electron chi connectivity index (χ3n) is 2.11. The van der Waals surface area contributed by atoms with E-state index in [1.54, 1.807) is 36.2 Å². The summed E-state index contributed by atoms with van der Waals surface area (Å²) in [5.41, 5.74) is 5.25. The van der Waals surface area contributed by atoms with Gasteiger partial charge in [-0.15, -0.1) is 0 Å². The maximum absolute atomic E-state index is 11.1. The predicted octanol–water partition coefficient (Wildman–Crippen LogP) is 0.933. The number of thioether (sulfide) groups is 1. The first-order valence-electron chi connectivity index (χ1n) is 5.93. The highest BCUT2D eigenvalue weighted by atomic mass is 32.2. The van der Waals surface area contributed by atoms with E-state index < -0.39 is 5.97 Å². The molecule has 1 amide bonds. The molecule has 0 saturated carbocycles. The van der Waals surface area contributed by atoms with Gasteiger partial charge in [0.15, 0.2) is 5.17 Å². The number of aliphatic imine (C=N–C) groups is 1. The fourth-order valence-electron chi connectivity index (χ4n) is 1.21. The maximum Gasteiger partial charge on any atom is 0.303 e. The van der Waals surface area contributed by atoms with Crippen molar-refractivity contribution in [2.75, 3.05) is 17.6 Å². The molecular formula is C12H16N4O3S. The Kier molecular flexibility index (Phi) is 7.12. The first-order chi connectivity index (χ1) is 9.58. The lowest BCUT2D eigenvalue weighted by atomic mass is 10.3. The summed E-state index contributed by atoms with van der Waals surface area (Å²) >= 11 is 1.62. The SMILES string of the molecule is NC1=NCCS1.O=C(O)CCC(=O)Nc1ccccn1. The highest BCUT2D eigenvalue weighted by molar-refractivity contribution is 8.14. The van der Waals surface area contributed by atoms with Gasteiger partial charge in [0.05, 0.1) is 13.0 Å². The topological polar surface area (TPSA) is 118 Å². The van der Waals surface area contributed by atoms with Crippen molar-refractivity contribution >= 4 is 34.6 Å². The van der Waals surface area contributed by atoms with E-state index in [2.05, 4.69) is 15.3 Å². The van der Waals surface area contributed by atoms with E-state index in [0.29, 0.717) is 5.82 Å². The standard InChI is InChI=1S/C9H10N2O3.C3H6N2S/c12-8(4-5-9(13)14)11-7-3-1-2-6-10-7;4-3-5-1-2-6-3/h1-3,6H,4-5H2,(H,13,14)(H,10,11,12);1-2H2,(H2,4,5). The summed E-state index contributed by atoms with van der Waals surface area (Å²) in [5, 5.41) is 11.6. The van der Waals surface area contributed by atoms with E-state index in [1.807, 2.05) is 0 Å². The number of amidine groups is 1. The molecule has 0 aliphatic carbocycles. The Hall–Kier alpha value is -2.09. The van der Waals surface area contributed by atoms with Crippen molar-refractivity contribution in [1.29, 1.82) is 0 Å². The van der Waals surface area contributed by atoms with Gasteiger partial charge in [-0.25, -0.2) is 4.98 Å². The van der Waals surface area contributed by atoms with Crippen LogP contribution in [0.25, 0.3) is 0 Å². The minimum absolute atomic E-state index is 0.0358. The number of carboxylic acid groups (broad SMARTS) is 1. The third kappa shape index (κ3) is 7.37. The maximum atomic E-state index is 11.1. The summed E-state index contributed by atoms with van der Waals surface area (Å²) in [6.45, 7) is 0.913. The second-order valence-corrected chi connectivity index (χ2v) is 4.84. The molecule has 20 heavy (non-hydrogen) atoms. The van der Waals surface area contributed by atoms with Crippen LogP contribution in [0.5, 0.6) is 0 Å². The molecular weight excluding hydrogens is 280 g/mol. The molecule has 2 rings (SSSR count). The molecule has 0 atom stereocenters. The molecule has 1 aromatic rings. The smallest absolute Gasteiger partial charge is 0.303 e. The number of pyridine rings is 1. The van der Waals surface area contributed by atoms with E-state index >= 15 is 0 Å². The Morgan fingerprint density at radius 1 is 1.40 bits per heavy atom. The van der Waals surface area contributed by atoms with Gasteiger partial charge in [0.25, 0.3) is 0 Å². The molecule has 1 aliphatic heterocycles. The van der Waals surface area contributed by atoms with E-state index in [4.69, 9.17) is 10.8 Å². The van der Waals surface area contributed by atoms with Crippen LogP contribution < -0.4 is 11.1 Å². The number of carbonyl (C=O) groups is 2. The largest absolute Gasteiger partial charge is 0.481 e. The van der Waals surface area contributed by atoms with Gasteiger partial charge in [0, 0.05) is 18.4 Å². The van der Waals surface area contributed by atoms with Gasteiger partial charge in [0.1, 0.15) is 5.82 Å². The van der Waals surface area contributed by atoms with Gasteiger partial charge in [-0.2, -0.15) is 0 Å². The van der Waals surface area contributed by atoms with Gasteiger partial charge < -0.3 is 16.2 Å². The molecule has 0 saturated heterocycles. The Labute approximate surface area is 120 Å². The lowest BCUT2D eigenvalue weighted by molar-refractivity contribution is -0.138. The highest BCUT2D eigenvalue weighted by Gasteiger charge is 2.05. The van der Waals surface area contributed by atoms with Crippen LogP contribution in [0.2, 0.25) is 0 Å². The summed E-state index contributed by atoms with van der Waals surface area (Å²) in [4.78, 5) is 29.0. The monoisotopic (exact) mass is 296 g/mol. The normalized spacial score (nSPS) is 12.9. The minimum Gasteiger partial charge on any atom is -0.481 e. The van der Waals surface area contributed by atoms with Crippen LogP contribution in [0.15, 0.2) is 29.4 Å². The number of hydrogen-bond acceptors (Lipinski definition) is 6. The molecule has 8 heteroatoms. The summed E-state index contributed by atoms with van der Waals surface area (Å²) in [6.07, 6.45) is 1.34. The first-order valence-corrected chi connectivity index (χ1v) is 6.92. The Morgan fingerprint density at radius 2 is 2.20 bits per heavy atom. The van der Waals surface area contributed by atoms with Crippen molar-refractivity contribution < 1.29 is 14.7 Å². The molecule has 108 valence electrons. The Balaban J connectivity index is 0.000000276. The fourth-order valence-corrected chi connectivity index (χ4v) is 1.79. The van der Waals surface area contributed by atoms with Crippen molar-refractivity contribution in [3.63, 3.8) is 0 Å². The lowest BCUT2D eigenvalue weighted by Crippen LogP contribution is -2.13. The molecule has 0 radical (unpaired) electrons. The Bertz CT molecular complexity index is 479. The van der Waals surface area contributed by atoms with Crippen molar-refractivity contribution in [2.24, 2.45) is 10.7 Å². The molecule has 2 heterocycles. The van der Waals surface area contributed by atoms with Crippen molar-refractivity contribution in [3.8, 4) is 0 Å². The number of nitrogens with zero attached hydrogens (tertiary/aromatic N) is 2. The zero-order valence-electron chi connectivity index (χ0n) is 10.8. The molecule has 0 aromatic carbocycles. The van der Waals surface area contributed by atoms with Crippen LogP contribution in [0.3, 0.4) is 0 Å². The van der Waals surface area contributed by atoms with Crippen molar-refractivity contribution in [1.82, 2.24) is 4.98 Å². The first kappa shape index (κ1) is 16.0. The number of aliphatic carboxylic acids is 1. The number of nitrogens with one attached hydrogen (secondary N) is 1. The van der Waals surface area contributed by atoms with Crippen LogP contribution in [0, 0.1) is 0 Å². The quantitative estimate of drug-likeness (QED) is 0.761. The van der Waals surface area contributed by atoms with Gasteiger partial charge in [-0.1, -0.05) is 17.8 Å². The molecule has 0 unspecified atom stereocenters. The summed E-state index contributed by atoms with van der Waals surface area (Å²) in [5.74, 6) is 0.182. The molecule has 4 N–H and O–H groups in total. The number of amides is 1. The number of hydrogen-bond donors (Lipinski definition) is 3. The van der Waals surface area contributed by atoms with Gasteiger partial charge in [-0.3, -0.25) is 14.6 Å². The van der Waals surface area contributed by atoms with E-state index in [1.165, 1.54) is 0 Å². The zero-order chi connectivity index (χ0) is 14.8. The van der Waals surface area contributed by atoms with Gasteiger partial charge >= 0.3 is 5.97 Å². The summed E-state index contributed by atoms with van der Waals surface area (Å²) in [7, 11) is 0. The molecule has 0 spiro atoms. The van der Waals surface area contributed by atoms with E-state index in [9.17, 15) is 9.59 Å². The van der Waals surface area contributed by atoms with Crippen LogP contribution in [0.1, 0.15) is 12.8 Å². The number of aromatic nitrogens is 1. The van der Waals surface area contributed by atoms with Gasteiger partial charge in [0.2, 0.25) is 5.91 Å². The molecule has 0 fully saturated rings. The third-order valence-corrected chi connectivity index (χ3v) is 2.92. The molecule has 1 aliphatic rings. The lowest BCUT2D eigenvalue weighted by Gasteiger charge is -2.01. The molecule has 1 aromatic heterocycles. The number of nitrogens with two attached hydrogens (primary N) is 1. The second kappa shape index (κ2) is 8.92. The van der Waals surface area contributed by atoms with Crippen LogP contribution in [-0.4, -0.2) is 39.4 Å². The average molecular weight is 296 g/mol. The van der Waals surface area contributed by atoms with Crippen LogP contribution in [-0.2, 0) is 9.59 Å². The van der Waals surface area contributed by atoms with E-state index in [0.717, 1.165) is 17.5 Å². The second-order valence-electron chi connectivity index (χ2n) is 3.73. The highest BCUT2D eigenvalue weighted by Crippen LogP contribution is 2.05. The van der Waals surface area contributed by atoms with Crippen LogP contribution >= 0.6 is 11.8 Å². The summed E-state index contributed by atoms with van der Waals surface area (Å²) < 4.78 is 0. The number of anilines is 1. The average Bonchev–Trinajstić information content (AvgIpc) is 2.89. The van der Waals surface area contributed by atoms with Crippen molar-refractivity contribution in [3.05, 3.63) is 24.4 Å². The Morgan fingerprint density at radius 3 is 2.65 bits per heavy atom. The van der Waals surface area contributed by atoms with E-state index in [-0.39, 0.29) is 18.7 Å². The number of carbonyl (C=O) groups excluding carboxylic acids is 1. The minimum atomic E-state index is -0.985. The van der Waals surface area contributed by atoms with Crippen LogP contribution in [0.4, 0.5) is 5.82 Å². The molecule has 7 nitrogen and oxygen atoms in total. The number of carboxylic acids is 1.